The van der Waals surface area contributed by atoms with Crippen LogP contribution in [0.25, 0.3) is 0 Å². The Bertz CT molecular complexity index is 409. The van der Waals surface area contributed by atoms with Crippen LogP contribution in [0.15, 0.2) is 24.4 Å². The number of aliphatic hydroxyl groups is 1. The van der Waals surface area contributed by atoms with Gasteiger partial charge in [0.15, 0.2) is 6.04 Å². The quantitative estimate of drug-likeness (QED) is 0.430. The smallest absolute Gasteiger partial charge is 0.333 e. The SMILES string of the molecule is CCOC(=O)C(CO)N(O)C(=O)c1ccccn1. The second-order valence-corrected chi connectivity index (χ2v) is 3.32. The van der Waals surface area contributed by atoms with Crippen molar-refractivity contribution in [1.29, 1.82) is 0 Å². The number of hydrogen-bond donors (Lipinski definition) is 2. The Labute approximate surface area is 104 Å². The first-order chi connectivity index (χ1) is 8.61. The lowest BCUT2D eigenvalue weighted by Gasteiger charge is -2.22. The average Bonchev–Trinajstić information content (AvgIpc) is 2.40. The van der Waals surface area contributed by atoms with Gasteiger partial charge in [0.05, 0.1) is 13.2 Å². The average molecular weight is 254 g/mol. The maximum atomic E-state index is 11.7. The second kappa shape index (κ2) is 6.67. The summed E-state index contributed by atoms with van der Waals surface area (Å²) in [5, 5.41) is 18.8. The molecule has 1 rings (SSSR count). The highest BCUT2D eigenvalue weighted by Crippen LogP contribution is 2.05. The minimum absolute atomic E-state index is 0.0391. The van der Waals surface area contributed by atoms with E-state index in [1.807, 2.05) is 0 Å². The highest BCUT2D eigenvalue weighted by molar-refractivity contribution is 5.94. The fourth-order valence-electron chi connectivity index (χ4n) is 1.24. The molecule has 7 heteroatoms. The number of aromatic nitrogens is 1. The summed E-state index contributed by atoms with van der Waals surface area (Å²) in [7, 11) is 0. The lowest BCUT2D eigenvalue weighted by atomic mass is 10.2. The number of hydrogen-bond acceptors (Lipinski definition) is 6. The zero-order chi connectivity index (χ0) is 13.5. The van der Waals surface area contributed by atoms with Gasteiger partial charge in [0, 0.05) is 6.20 Å². The molecule has 0 fully saturated rings. The Morgan fingerprint density at radius 2 is 2.22 bits per heavy atom. The number of carbonyl (C=O) groups is 2. The molecule has 1 amide bonds. The van der Waals surface area contributed by atoms with E-state index in [4.69, 9.17) is 5.11 Å². The molecule has 1 aromatic rings. The summed E-state index contributed by atoms with van der Waals surface area (Å²) in [6.07, 6.45) is 1.37. The van der Waals surface area contributed by atoms with E-state index in [1.165, 1.54) is 12.3 Å². The number of hydroxylamine groups is 2. The summed E-state index contributed by atoms with van der Waals surface area (Å²) in [5.41, 5.74) is -0.0391. The largest absolute Gasteiger partial charge is 0.464 e. The summed E-state index contributed by atoms with van der Waals surface area (Å²) in [4.78, 5) is 26.9. The molecule has 1 atom stereocenters. The molecular formula is C11H14N2O5. The van der Waals surface area contributed by atoms with Crippen molar-refractivity contribution in [2.75, 3.05) is 13.2 Å². The van der Waals surface area contributed by atoms with Gasteiger partial charge in [-0.2, -0.15) is 0 Å². The third-order valence-corrected chi connectivity index (χ3v) is 2.12. The molecule has 0 bridgehead atoms. The Kier molecular flexibility index (Phi) is 5.22. The topological polar surface area (TPSA) is 100.0 Å². The molecule has 0 aromatic carbocycles. The normalized spacial score (nSPS) is 11.7. The summed E-state index contributed by atoms with van der Waals surface area (Å²) in [6, 6.07) is 3.09. The zero-order valence-electron chi connectivity index (χ0n) is 9.81. The van der Waals surface area contributed by atoms with Gasteiger partial charge in [-0.1, -0.05) is 6.07 Å². The Hall–Kier alpha value is -1.99. The standard InChI is InChI=1S/C11H14N2O5/c1-2-18-11(16)9(7-14)13(17)10(15)8-5-3-4-6-12-8/h3-6,9,14,17H,2,7H2,1H3. The number of ether oxygens (including phenoxy) is 1. The van der Waals surface area contributed by atoms with Crippen molar-refractivity contribution < 1.29 is 24.6 Å². The van der Waals surface area contributed by atoms with E-state index in [9.17, 15) is 14.8 Å². The maximum absolute atomic E-state index is 11.7. The van der Waals surface area contributed by atoms with E-state index in [1.54, 1.807) is 19.1 Å². The van der Waals surface area contributed by atoms with E-state index >= 15 is 0 Å². The van der Waals surface area contributed by atoms with Crippen LogP contribution in [-0.4, -0.2) is 51.5 Å². The van der Waals surface area contributed by atoms with Crippen molar-refractivity contribution in [2.24, 2.45) is 0 Å². The van der Waals surface area contributed by atoms with Gasteiger partial charge >= 0.3 is 5.97 Å². The lowest BCUT2D eigenvalue weighted by molar-refractivity contribution is -0.166. The number of carbonyl (C=O) groups excluding carboxylic acids is 2. The van der Waals surface area contributed by atoms with Crippen molar-refractivity contribution in [2.45, 2.75) is 13.0 Å². The van der Waals surface area contributed by atoms with Gasteiger partial charge in [0.25, 0.3) is 5.91 Å². The first kappa shape index (κ1) is 14.1. The Balaban J connectivity index is 2.81. The number of aliphatic hydroxyl groups excluding tert-OH is 1. The molecule has 0 saturated carbocycles. The number of pyridine rings is 1. The molecule has 0 radical (unpaired) electrons. The number of rotatable bonds is 5. The van der Waals surface area contributed by atoms with Crippen molar-refractivity contribution >= 4 is 11.9 Å². The van der Waals surface area contributed by atoms with Gasteiger partial charge in [-0.15, -0.1) is 0 Å². The number of esters is 1. The van der Waals surface area contributed by atoms with Gasteiger partial charge in [0.2, 0.25) is 0 Å². The van der Waals surface area contributed by atoms with Crippen molar-refractivity contribution in [3.05, 3.63) is 30.1 Å². The van der Waals surface area contributed by atoms with Crippen LogP contribution in [0, 0.1) is 0 Å². The lowest BCUT2D eigenvalue weighted by Crippen LogP contribution is -2.46. The molecule has 0 saturated heterocycles. The van der Waals surface area contributed by atoms with Crippen LogP contribution in [0.5, 0.6) is 0 Å². The molecule has 2 N–H and O–H groups in total. The number of nitrogens with zero attached hydrogens (tertiary/aromatic N) is 2. The van der Waals surface area contributed by atoms with E-state index in [2.05, 4.69) is 9.72 Å². The molecule has 0 spiro atoms. The molecule has 1 heterocycles. The van der Waals surface area contributed by atoms with Crippen LogP contribution < -0.4 is 0 Å². The van der Waals surface area contributed by atoms with Crippen LogP contribution in [0.4, 0.5) is 0 Å². The van der Waals surface area contributed by atoms with Gasteiger partial charge in [0.1, 0.15) is 5.69 Å². The molecule has 0 aliphatic heterocycles. The van der Waals surface area contributed by atoms with Crippen LogP contribution in [-0.2, 0) is 9.53 Å². The summed E-state index contributed by atoms with van der Waals surface area (Å²) < 4.78 is 4.63. The first-order valence-electron chi connectivity index (χ1n) is 5.32. The first-order valence-corrected chi connectivity index (χ1v) is 5.32. The molecule has 0 aliphatic carbocycles. The summed E-state index contributed by atoms with van der Waals surface area (Å²) in [5.74, 6) is -1.77. The monoisotopic (exact) mass is 254 g/mol. The second-order valence-electron chi connectivity index (χ2n) is 3.32. The molecule has 7 nitrogen and oxygen atoms in total. The maximum Gasteiger partial charge on any atom is 0.333 e. The van der Waals surface area contributed by atoms with E-state index in [-0.39, 0.29) is 17.4 Å². The summed E-state index contributed by atoms with van der Waals surface area (Å²) in [6.45, 7) is 0.920. The minimum Gasteiger partial charge on any atom is -0.464 e. The van der Waals surface area contributed by atoms with Crippen LogP contribution in [0.1, 0.15) is 17.4 Å². The molecule has 1 unspecified atom stereocenters. The van der Waals surface area contributed by atoms with Crippen molar-refractivity contribution in [3.63, 3.8) is 0 Å². The highest BCUT2D eigenvalue weighted by atomic mass is 16.6. The van der Waals surface area contributed by atoms with Crippen LogP contribution in [0.3, 0.4) is 0 Å². The number of amides is 1. The predicted molar refractivity (Wildman–Crippen MR) is 59.7 cm³/mol. The van der Waals surface area contributed by atoms with Gasteiger partial charge in [-0.25, -0.2) is 9.86 Å². The van der Waals surface area contributed by atoms with Gasteiger partial charge < -0.3 is 9.84 Å². The molecule has 0 aliphatic rings. The molecule has 18 heavy (non-hydrogen) atoms. The third-order valence-electron chi connectivity index (χ3n) is 2.12. The van der Waals surface area contributed by atoms with Crippen molar-refractivity contribution in [1.82, 2.24) is 10.0 Å². The molecule has 98 valence electrons. The molecular weight excluding hydrogens is 240 g/mol. The minimum atomic E-state index is -1.46. The van der Waals surface area contributed by atoms with E-state index in [0.29, 0.717) is 0 Å². The van der Waals surface area contributed by atoms with E-state index < -0.39 is 24.5 Å². The third kappa shape index (κ3) is 3.25. The zero-order valence-corrected chi connectivity index (χ0v) is 9.81. The van der Waals surface area contributed by atoms with E-state index in [0.717, 1.165) is 0 Å². The fraction of sp³-hybridized carbons (Fsp3) is 0.364. The fourth-order valence-corrected chi connectivity index (χ4v) is 1.24. The van der Waals surface area contributed by atoms with Crippen LogP contribution >= 0.6 is 0 Å². The summed E-state index contributed by atoms with van der Waals surface area (Å²) >= 11 is 0. The predicted octanol–water partition coefficient (Wildman–Crippen LogP) is -0.163. The highest BCUT2D eigenvalue weighted by Gasteiger charge is 2.30. The van der Waals surface area contributed by atoms with Crippen LogP contribution in [0.2, 0.25) is 0 Å². The Morgan fingerprint density at radius 3 is 2.72 bits per heavy atom. The van der Waals surface area contributed by atoms with Crippen molar-refractivity contribution in [3.8, 4) is 0 Å². The molecule has 1 aromatic heterocycles. The van der Waals surface area contributed by atoms with Gasteiger partial charge in [-0.05, 0) is 19.1 Å². The van der Waals surface area contributed by atoms with Gasteiger partial charge in [-0.3, -0.25) is 15.0 Å². The Morgan fingerprint density at radius 1 is 1.50 bits per heavy atom.